The minimum absolute atomic E-state index is 0. The van der Waals surface area contributed by atoms with Crippen LogP contribution in [0.2, 0.25) is 0 Å². The first kappa shape index (κ1) is 57.6. The van der Waals surface area contributed by atoms with Gasteiger partial charge in [0, 0.05) is 36.5 Å². The lowest BCUT2D eigenvalue weighted by Crippen LogP contribution is -2.67. The number of fused-ring (bicyclic) bond motifs is 14. The molecule has 0 saturated heterocycles. The summed E-state index contributed by atoms with van der Waals surface area (Å²) in [6.45, 7) is 37.2. The van der Waals surface area contributed by atoms with Crippen LogP contribution in [-0.2, 0) is 23.9 Å². The SMILES string of the molecule is C.C=C(C)[C@@H]1CC[C@]2(COC(C)=O)CC[C@]3(C)[C@H](CC[C@@H]4[C@@]5(C)CC/C(=N/O)[C@](C)(CO)[C@@H]5CC[C@]43C)[C@@H]12.C=C(C)[C@@H]1CC[C@]2(COC(C)=O)CC[C@]3(C)[C@H](CC[C@@H]4[C@@]5(C)CCC(=O)[C@](C)(CO)[C@@H]5CC[C@]43C)[C@@H]12. The first-order chi connectivity index (χ1) is 34.1. The largest absolute Gasteiger partial charge is 0.465 e. The van der Waals surface area contributed by atoms with Crippen molar-refractivity contribution in [3.8, 4) is 0 Å². The average molecular weight is 1030 g/mol. The molecule has 0 aromatic heterocycles. The van der Waals surface area contributed by atoms with Crippen LogP contribution >= 0.6 is 0 Å². The Kier molecular flexibility index (Phi) is 15.1. The average Bonchev–Trinajstić information content (AvgIpc) is 3.93. The predicted molar refractivity (Wildman–Crippen MR) is 295 cm³/mol. The molecule has 10 aliphatic carbocycles. The second-order valence-electron chi connectivity index (χ2n) is 29.8. The molecule has 0 heterocycles. The molecular formula is C65H105NO8. The predicted octanol–water partition coefficient (Wildman–Crippen LogP) is 14.4. The van der Waals surface area contributed by atoms with Crippen LogP contribution in [0, 0.1) is 113 Å². The summed E-state index contributed by atoms with van der Waals surface area (Å²) in [5.74, 6) is 5.08. The van der Waals surface area contributed by atoms with E-state index in [1.54, 1.807) is 13.8 Å². The number of esters is 2. The molecule has 10 rings (SSSR count). The first-order valence-corrected chi connectivity index (χ1v) is 29.7. The maximum Gasteiger partial charge on any atom is 0.302 e. The van der Waals surface area contributed by atoms with Crippen molar-refractivity contribution < 1.29 is 39.3 Å². The summed E-state index contributed by atoms with van der Waals surface area (Å²) in [6.07, 6.45) is 22.0. The van der Waals surface area contributed by atoms with E-state index in [9.17, 15) is 29.8 Å². The van der Waals surface area contributed by atoms with E-state index < -0.39 is 10.8 Å². The van der Waals surface area contributed by atoms with E-state index in [0.29, 0.717) is 72.9 Å². The third kappa shape index (κ3) is 7.87. The van der Waals surface area contributed by atoms with Crippen molar-refractivity contribution in [1.82, 2.24) is 0 Å². The molecule has 0 aliphatic heterocycles. The Labute approximate surface area is 449 Å². The molecule has 0 amide bonds. The Balaban J connectivity index is 0.000000194. The van der Waals surface area contributed by atoms with Crippen LogP contribution in [0.5, 0.6) is 0 Å². The van der Waals surface area contributed by atoms with E-state index in [1.807, 2.05) is 6.92 Å². The number of hydrogen-bond donors (Lipinski definition) is 3. The number of nitrogens with zero attached hydrogens (tertiary/aromatic N) is 1. The number of hydrogen-bond acceptors (Lipinski definition) is 9. The van der Waals surface area contributed by atoms with Crippen molar-refractivity contribution in [3.63, 3.8) is 0 Å². The molecule has 10 fully saturated rings. The lowest BCUT2D eigenvalue weighted by atomic mass is 9.32. The molecule has 9 heteroatoms. The Morgan fingerprint density at radius 3 is 1.31 bits per heavy atom. The van der Waals surface area contributed by atoms with Gasteiger partial charge in [0.15, 0.2) is 0 Å². The van der Waals surface area contributed by atoms with Crippen LogP contribution < -0.4 is 0 Å². The molecule has 0 aromatic carbocycles. The maximum atomic E-state index is 13.0. The molecular weight excluding hydrogens is 923 g/mol. The van der Waals surface area contributed by atoms with Crippen molar-refractivity contribution in [2.75, 3.05) is 26.4 Å². The van der Waals surface area contributed by atoms with Gasteiger partial charge in [-0.1, -0.05) is 92.3 Å². The highest BCUT2D eigenvalue weighted by molar-refractivity contribution is 5.91. The van der Waals surface area contributed by atoms with Crippen LogP contribution in [0.4, 0.5) is 0 Å². The number of carbonyl (C=O) groups is 3. The van der Waals surface area contributed by atoms with Crippen molar-refractivity contribution in [2.45, 2.75) is 219 Å². The van der Waals surface area contributed by atoms with Crippen LogP contribution in [0.3, 0.4) is 0 Å². The Morgan fingerprint density at radius 1 is 0.527 bits per heavy atom. The van der Waals surface area contributed by atoms with Gasteiger partial charge in [-0.2, -0.15) is 0 Å². The summed E-state index contributed by atoms with van der Waals surface area (Å²) >= 11 is 0. The van der Waals surface area contributed by atoms with Gasteiger partial charge in [-0.15, -0.1) is 0 Å². The first-order valence-electron chi connectivity index (χ1n) is 29.7. The topological polar surface area (TPSA) is 143 Å². The number of Topliss-reactive ketones (excluding diaryl/α,β-unsaturated/α-hetero) is 1. The molecule has 418 valence electrons. The van der Waals surface area contributed by atoms with E-state index in [4.69, 9.17) is 9.47 Å². The molecule has 0 bridgehead atoms. The van der Waals surface area contributed by atoms with E-state index in [-0.39, 0.29) is 87.6 Å². The van der Waals surface area contributed by atoms with Gasteiger partial charge in [0.25, 0.3) is 0 Å². The molecule has 0 spiro atoms. The zero-order chi connectivity index (χ0) is 53.3. The summed E-state index contributed by atoms with van der Waals surface area (Å²) in [4.78, 5) is 36.8. The summed E-state index contributed by atoms with van der Waals surface area (Å²) < 4.78 is 11.5. The van der Waals surface area contributed by atoms with Gasteiger partial charge >= 0.3 is 11.9 Å². The van der Waals surface area contributed by atoms with Crippen LogP contribution in [0.15, 0.2) is 29.5 Å². The number of aliphatic hydroxyl groups excluding tert-OH is 2. The summed E-state index contributed by atoms with van der Waals surface area (Å²) in [6, 6.07) is 0. The van der Waals surface area contributed by atoms with Crippen LogP contribution in [-0.4, -0.2) is 65.3 Å². The second-order valence-corrected chi connectivity index (χ2v) is 29.8. The third-order valence-corrected chi connectivity index (χ3v) is 27.5. The fourth-order valence-corrected chi connectivity index (χ4v) is 23.4. The van der Waals surface area contributed by atoms with Gasteiger partial charge in [0.1, 0.15) is 5.78 Å². The summed E-state index contributed by atoms with van der Waals surface area (Å²) in [5, 5.41) is 34.5. The van der Waals surface area contributed by atoms with E-state index in [0.717, 1.165) is 69.9 Å². The van der Waals surface area contributed by atoms with Crippen molar-refractivity contribution in [3.05, 3.63) is 24.3 Å². The highest BCUT2D eigenvalue weighted by atomic mass is 16.5. The molecule has 0 radical (unpaired) electrons. The number of rotatable bonds is 8. The maximum absolute atomic E-state index is 13.0. The van der Waals surface area contributed by atoms with Crippen LogP contribution in [0.25, 0.3) is 0 Å². The second kappa shape index (κ2) is 19.4. The fraction of sp³-hybridized carbons (Fsp3) is 0.877. The zero-order valence-electron chi connectivity index (χ0n) is 48.0. The highest BCUT2D eigenvalue weighted by Crippen LogP contribution is 2.79. The van der Waals surface area contributed by atoms with Crippen LogP contribution in [0.1, 0.15) is 219 Å². The highest BCUT2D eigenvalue weighted by Gasteiger charge is 2.73. The standard InChI is InChI=1S/C32H51NO4.C32H50O4.CH4/c1-20(2)22-10-15-32(19-37-21(3)35)17-16-30(6)23(27(22)32)8-9-25-28(4)13-12-26(33-36)29(5,18-34)24(28)11-14-31(25,30)7;1-20(2)22-10-15-32(19-36-21(3)34)17-16-30(6)23(27(22)32)8-9-25-28(4)13-12-26(35)29(5,18-33)24(28)11-14-31(25,30)7;/h22-25,27,34,36H,1,8-19H2,2-7H3;22-25,27,33H,1,8-19H2,2-7H3;1H4/b33-26-;;/t2*22-,23+,24+,25+,27+,28-,29+,30+,31+,32+;/m00./s1. The molecule has 3 N–H and O–H groups in total. The van der Waals surface area contributed by atoms with Gasteiger partial charge in [-0.3, -0.25) is 14.4 Å². The number of ether oxygens (including phenoxy) is 2. The molecule has 10 aliphatic rings. The lowest BCUT2D eigenvalue weighted by molar-refractivity contribution is -0.240. The Morgan fingerprint density at radius 2 is 0.932 bits per heavy atom. The van der Waals surface area contributed by atoms with Gasteiger partial charge in [0.05, 0.1) is 37.6 Å². The molecule has 9 nitrogen and oxygen atoms in total. The quantitative estimate of drug-likeness (QED) is 0.0944. The number of allylic oxidation sites excluding steroid dienone is 2. The Bertz CT molecular complexity index is 2260. The normalized spacial score (nSPS) is 51.3. The smallest absolute Gasteiger partial charge is 0.302 e. The number of ketones is 1. The van der Waals surface area contributed by atoms with Gasteiger partial charge in [-0.05, 0) is 228 Å². The van der Waals surface area contributed by atoms with Gasteiger partial charge in [0.2, 0.25) is 0 Å². The monoisotopic (exact) mass is 1030 g/mol. The van der Waals surface area contributed by atoms with E-state index >= 15 is 0 Å². The number of oxime groups is 1. The minimum Gasteiger partial charge on any atom is -0.465 e. The van der Waals surface area contributed by atoms with Gasteiger partial charge in [-0.25, -0.2) is 0 Å². The van der Waals surface area contributed by atoms with Crippen molar-refractivity contribution in [1.29, 1.82) is 0 Å². The zero-order valence-corrected chi connectivity index (χ0v) is 48.0. The molecule has 20 atom stereocenters. The molecule has 10 saturated carbocycles. The fourth-order valence-electron chi connectivity index (χ4n) is 23.4. The van der Waals surface area contributed by atoms with E-state index in [1.165, 1.54) is 68.9 Å². The minimum atomic E-state index is -0.589. The molecule has 0 aromatic rings. The number of carbonyl (C=O) groups excluding carboxylic acids is 3. The molecule has 74 heavy (non-hydrogen) atoms. The van der Waals surface area contributed by atoms with Crippen molar-refractivity contribution >= 4 is 23.4 Å². The Hall–Kier alpha value is -2.52. The lowest BCUT2D eigenvalue weighted by Gasteiger charge is -2.72. The summed E-state index contributed by atoms with van der Waals surface area (Å²) in [7, 11) is 0. The third-order valence-electron chi connectivity index (χ3n) is 27.5. The number of aliphatic hydroxyl groups is 2. The summed E-state index contributed by atoms with van der Waals surface area (Å²) in [5.41, 5.74) is 3.69. The van der Waals surface area contributed by atoms with Gasteiger partial charge < -0.3 is 24.9 Å². The van der Waals surface area contributed by atoms with E-state index in [2.05, 4.69) is 80.6 Å². The van der Waals surface area contributed by atoms with Crippen molar-refractivity contribution in [2.24, 2.45) is 118 Å². The molecule has 0 unspecified atom stereocenters.